The summed E-state index contributed by atoms with van der Waals surface area (Å²) < 4.78 is 39.2. The molecule has 54 heavy (non-hydrogen) atoms. The minimum atomic E-state index is -0.418. The minimum absolute atomic E-state index is 0.0817. The average molecular weight is 739 g/mol. The third kappa shape index (κ3) is 10.4. The van der Waals surface area contributed by atoms with Gasteiger partial charge in [0.05, 0.1) is 51.8 Å². The monoisotopic (exact) mass is 738 g/mol. The van der Waals surface area contributed by atoms with E-state index in [0.717, 1.165) is 92.3 Å². The maximum atomic E-state index is 13.0. The van der Waals surface area contributed by atoms with Crippen LogP contribution in [0.25, 0.3) is 11.1 Å². The molecule has 3 aliphatic rings. The summed E-state index contributed by atoms with van der Waals surface area (Å²) in [5.74, 6) is 2.33. The number of rotatable bonds is 22. The fourth-order valence-electron chi connectivity index (χ4n) is 6.50. The fraction of sp³-hybridized carbons (Fsp3) is 0.432. The number of hydrogen-bond donors (Lipinski definition) is 0. The van der Waals surface area contributed by atoms with Crippen LogP contribution in [0.3, 0.4) is 0 Å². The molecule has 2 atom stereocenters. The van der Waals surface area contributed by atoms with Crippen molar-refractivity contribution < 1.29 is 47.7 Å². The molecule has 1 aliphatic carbocycles. The number of benzene rings is 4. The molecule has 2 saturated heterocycles. The summed E-state index contributed by atoms with van der Waals surface area (Å²) in [5.41, 5.74) is 6.06. The van der Waals surface area contributed by atoms with Crippen LogP contribution < -0.4 is 19.1 Å². The number of esters is 1. The highest BCUT2D eigenvalue weighted by atomic mass is 17.2. The van der Waals surface area contributed by atoms with Crippen molar-refractivity contribution in [3.63, 3.8) is 0 Å². The number of epoxide rings is 1. The first-order valence-electron chi connectivity index (χ1n) is 19.0. The van der Waals surface area contributed by atoms with Gasteiger partial charge in [0.2, 0.25) is 0 Å². The number of fused-ring (bicyclic) bond motifs is 3. The number of hydrogen-bond acceptors (Lipinski definition) is 10. The van der Waals surface area contributed by atoms with Crippen molar-refractivity contribution in [3.05, 3.63) is 107 Å². The van der Waals surface area contributed by atoms with Crippen molar-refractivity contribution in [2.45, 2.75) is 58.2 Å². The Bertz CT molecular complexity index is 1810. The highest BCUT2D eigenvalue weighted by Gasteiger charge is 2.33. The van der Waals surface area contributed by atoms with E-state index < -0.39 is 5.97 Å². The zero-order valence-electron chi connectivity index (χ0n) is 31.2. The zero-order chi connectivity index (χ0) is 37.2. The van der Waals surface area contributed by atoms with Crippen molar-refractivity contribution in [1.29, 1.82) is 0 Å². The van der Waals surface area contributed by atoms with E-state index in [0.29, 0.717) is 62.0 Å². The summed E-state index contributed by atoms with van der Waals surface area (Å²) in [7, 11) is 0. The second-order valence-corrected chi connectivity index (χ2v) is 14.6. The Morgan fingerprint density at radius 3 is 1.93 bits per heavy atom. The topological polar surface area (TPSA) is 103 Å². The lowest BCUT2D eigenvalue weighted by Crippen LogP contribution is -2.43. The second-order valence-electron chi connectivity index (χ2n) is 14.6. The van der Waals surface area contributed by atoms with E-state index in [1.807, 2.05) is 60.7 Å². The maximum Gasteiger partial charge on any atom is 0.343 e. The molecule has 0 N–H and O–H groups in total. The summed E-state index contributed by atoms with van der Waals surface area (Å²) in [4.78, 5) is 24.3. The SMILES string of the molecule is CC1c2cc(OOCc3ccc(OCCCCOCC4CO4)cc3)ccc2-c2ccc(OC(=O)c3ccc(OCCCCOCC4(C)COC4)cc3)cc21. The van der Waals surface area contributed by atoms with E-state index in [9.17, 15) is 4.79 Å². The molecule has 0 bridgehead atoms. The number of carbonyl (C=O) groups excluding carboxylic acids is 1. The molecule has 0 saturated carbocycles. The molecule has 10 heteroatoms. The Balaban J connectivity index is 0.816. The van der Waals surface area contributed by atoms with Crippen LogP contribution in [0.15, 0.2) is 84.9 Å². The lowest BCUT2D eigenvalue weighted by molar-refractivity contribution is -0.217. The van der Waals surface area contributed by atoms with Gasteiger partial charge in [-0.25, -0.2) is 4.79 Å². The maximum absolute atomic E-state index is 13.0. The molecule has 7 rings (SSSR count). The van der Waals surface area contributed by atoms with Crippen LogP contribution in [0.1, 0.15) is 72.5 Å². The lowest BCUT2D eigenvalue weighted by Gasteiger charge is -2.37. The largest absolute Gasteiger partial charge is 0.494 e. The Kier molecular flexibility index (Phi) is 12.8. The van der Waals surface area contributed by atoms with E-state index in [1.165, 1.54) is 0 Å². The molecule has 0 spiro atoms. The standard InChI is InChI=1S/C44H50O10/c1-31-41-23-36(53-43(45)33-9-13-35(14-10-33)50-22-6-4-20-47-28-44(2)29-48-30-44)15-17-39(41)40-18-16-37(24-42(31)40)54-52-25-32-7-11-34(12-8-32)49-21-5-3-19-46-26-38-27-51-38/h7-18,23-24,31,38H,3-6,19-22,25-30H2,1-2H3. The van der Waals surface area contributed by atoms with E-state index in [1.54, 1.807) is 24.3 Å². The Morgan fingerprint density at radius 2 is 1.30 bits per heavy atom. The molecule has 0 amide bonds. The van der Waals surface area contributed by atoms with Crippen LogP contribution in [0.5, 0.6) is 23.0 Å². The predicted octanol–water partition coefficient (Wildman–Crippen LogP) is 8.34. The molecule has 0 radical (unpaired) electrons. The van der Waals surface area contributed by atoms with Gasteiger partial charge in [0.1, 0.15) is 30.0 Å². The van der Waals surface area contributed by atoms with Gasteiger partial charge in [-0.15, -0.1) is 0 Å². The number of ether oxygens (including phenoxy) is 7. The third-order valence-electron chi connectivity index (χ3n) is 9.84. The van der Waals surface area contributed by atoms with Crippen LogP contribution in [0.2, 0.25) is 0 Å². The molecular formula is C44H50O10. The average Bonchev–Trinajstić information content (AvgIpc) is 3.97. The van der Waals surface area contributed by atoms with Gasteiger partial charge in [-0.05, 0) is 114 Å². The summed E-state index contributed by atoms with van der Waals surface area (Å²) in [6.45, 7) is 11.1. The first-order chi connectivity index (χ1) is 26.4. The Morgan fingerprint density at radius 1 is 0.722 bits per heavy atom. The molecule has 286 valence electrons. The van der Waals surface area contributed by atoms with E-state index >= 15 is 0 Å². The summed E-state index contributed by atoms with van der Waals surface area (Å²) >= 11 is 0. The normalized spacial score (nSPS) is 17.6. The van der Waals surface area contributed by atoms with Crippen molar-refractivity contribution in [3.8, 4) is 34.1 Å². The quantitative estimate of drug-likeness (QED) is 0.0195. The van der Waals surface area contributed by atoms with Gasteiger partial charge >= 0.3 is 5.97 Å². The zero-order valence-corrected chi connectivity index (χ0v) is 31.2. The minimum Gasteiger partial charge on any atom is -0.494 e. The smallest absolute Gasteiger partial charge is 0.343 e. The molecule has 4 aromatic carbocycles. The highest BCUT2D eigenvalue weighted by molar-refractivity contribution is 5.91. The predicted molar refractivity (Wildman–Crippen MR) is 202 cm³/mol. The van der Waals surface area contributed by atoms with Crippen molar-refractivity contribution in [2.24, 2.45) is 5.41 Å². The van der Waals surface area contributed by atoms with Crippen LogP contribution >= 0.6 is 0 Å². The van der Waals surface area contributed by atoms with Crippen LogP contribution in [-0.4, -0.2) is 71.5 Å². The molecule has 4 aromatic rings. The van der Waals surface area contributed by atoms with Crippen molar-refractivity contribution in [2.75, 3.05) is 59.5 Å². The summed E-state index contributed by atoms with van der Waals surface area (Å²) in [6, 6.07) is 26.7. The lowest BCUT2D eigenvalue weighted by atomic mass is 9.90. The highest BCUT2D eigenvalue weighted by Crippen LogP contribution is 2.47. The second kappa shape index (κ2) is 18.3. The first kappa shape index (κ1) is 37.8. The molecule has 2 fully saturated rings. The summed E-state index contributed by atoms with van der Waals surface area (Å²) in [5, 5.41) is 0. The first-order valence-corrected chi connectivity index (χ1v) is 19.0. The van der Waals surface area contributed by atoms with Crippen molar-refractivity contribution in [1.82, 2.24) is 0 Å². The van der Waals surface area contributed by atoms with Crippen LogP contribution in [-0.2, 0) is 30.4 Å². The Hall–Kier alpha value is -4.45. The molecular weight excluding hydrogens is 688 g/mol. The van der Waals surface area contributed by atoms with Gasteiger partial charge in [0.25, 0.3) is 0 Å². The van der Waals surface area contributed by atoms with E-state index in [-0.39, 0.29) is 11.3 Å². The molecule has 10 nitrogen and oxygen atoms in total. The molecule has 2 unspecified atom stereocenters. The van der Waals surface area contributed by atoms with Gasteiger partial charge in [-0.2, -0.15) is 4.89 Å². The van der Waals surface area contributed by atoms with Crippen molar-refractivity contribution >= 4 is 5.97 Å². The number of carbonyl (C=O) groups is 1. The third-order valence-corrected chi connectivity index (χ3v) is 9.84. The van der Waals surface area contributed by atoms with Crippen LogP contribution in [0.4, 0.5) is 0 Å². The fourth-order valence-corrected chi connectivity index (χ4v) is 6.50. The van der Waals surface area contributed by atoms with Gasteiger partial charge < -0.3 is 38.0 Å². The molecule has 0 aromatic heterocycles. The summed E-state index contributed by atoms with van der Waals surface area (Å²) in [6.07, 6.45) is 4.02. The van der Waals surface area contributed by atoms with E-state index in [2.05, 4.69) is 13.8 Å². The number of unbranched alkanes of at least 4 members (excludes halogenated alkanes) is 2. The van der Waals surface area contributed by atoms with E-state index in [4.69, 9.17) is 42.9 Å². The van der Waals surface area contributed by atoms with Crippen LogP contribution in [0, 0.1) is 5.41 Å². The molecule has 2 heterocycles. The van der Waals surface area contributed by atoms with Gasteiger partial charge in [0.15, 0.2) is 5.75 Å². The van der Waals surface area contributed by atoms with Gasteiger partial charge in [0, 0.05) is 24.5 Å². The molecule has 2 aliphatic heterocycles. The van der Waals surface area contributed by atoms with Gasteiger partial charge in [-0.1, -0.05) is 38.1 Å². The van der Waals surface area contributed by atoms with Gasteiger partial charge in [-0.3, -0.25) is 0 Å². The Labute approximate surface area is 317 Å².